The molecule has 0 amide bonds. The van der Waals surface area contributed by atoms with Crippen LogP contribution >= 0.6 is 0 Å². The molecule has 2 heterocycles. The smallest absolute Gasteiger partial charge is 0.0561 e. The molecule has 4 nitrogen and oxygen atoms in total. The molecule has 4 heteroatoms. The van der Waals surface area contributed by atoms with Crippen LogP contribution in [-0.4, -0.2) is 9.13 Å². The molecule has 0 saturated heterocycles. The fourth-order valence-corrected chi connectivity index (χ4v) is 12.3. The van der Waals surface area contributed by atoms with Gasteiger partial charge in [0.05, 0.1) is 27.8 Å². The van der Waals surface area contributed by atoms with Crippen LogP contribution in [0.1, 0.15) is 30.4 Å². The first-order valence-corrected chi connectivity index (χ1v) is 26.1. The van der Waals surface area contributed by atoms with Crippen molar-refractivity contribution in [3.63, 3.8) is 0 Å². The van der Waals surface area contributed by atoms with Crippen molar-refractivity contribution in [2.45, 2.75) is 19.3 Å². The maximum atomic E-state index is 2.47. The Morgan fingerprint density at radius 1 is 0.333 bits per heavy atom. The van der Waals surface area contributed by atoms with Gasteiger partial charge in [0.15, 0.2) is 0 Å². The van der Waals surface area contributed by atoms with Gasteiger partial charge in [-0.2, -0.15) is 0 Å². The number of benzene rings is 12. The number of fused-ring (bicyclic) bond motifs is 11. The normalized spacial score (nSPS) is 13.4. The van der Waals surface area contributed by atoms with Crippen molar-refractivity contribution in [3.05, 3.63) is 272 Å². The first-order chi connectivity index (χ1) is 37.1. The Labute approximate surface area is 435 Å². The molecule has 2 aromatic heterocycles. The molecule has 1 aliphatic carbocycles. The number of hydrogen-bond donors (Lipinski definition) is 0. The van der Waals surface area contributed by atoms with Crippen LogP contribution in [0.2, 0.25) is 0 Å². The topological polar surface area (TPSA) is 16.3 Å². The molecule has 0 saturated carbocycles. The Bertz CT molecular complexity index is 4600. The summed E-state index contributed by atoms with van der Waals surface area (Å²) in [7, 11) is 0. The maximum absolute atomic E-state index is 2.47. The van der Waals surface area contributed by atoms with E-state index in [9.17, 15) is 0 Å². The third-order valence-corrected chi connectivity index (χ3v) is 15.8. The number of allylic oxidation sites excluding steroid dienone is 1. The van der Waals surface area contributed by atoms with Gasteiger partial charge in [0.2, 0.25) is 0 Å². The summed E-state index contributed by atoms with van der Waals surface area (Å²) in [5.74, 6) is 0.509. The lowest BCUT2D eigenvalue weighted by molar-refractivity contribution is 0.771. The number of aromatic nitrogens is 2. The van der Waals surface area contributed by atoms with Crippen LogP contribution < -0.4 is 9.80 Å². The van der Waals surface area contributed by atoms with Crippen LogP contribution in [0.5, 0.6) is 0 Å². The van der Waals surface area contributed by atoms with Crippen LogP contribution in [0.3, 0.4) is 0 Å². The fraction of sp³-hybridized carbons (Fsp3) is 0.0423. The van der Waals surface area contributed by atoms with E-state index < -0.39 is 0 Å². The molecule has 354 valence electrons. The quantitative estimate of drug-likeness (QED) is 0.141. The summed E-state index contributed by atoms with van der Waals surface area (Å²) in [4.78, 5) is 4.92. The highest BCUT2D eigenvalue weighted by Crippen LogP contribution is 2.48. The van der Waals surface area contributed by atoms with E-state index in [1.165, 1.54) is 92.7 Å². The van der Waals surface area contributed by atoms with Gasteiger partial charge in [0, 0.05) is 66.7 Å². The lowest BCUT2D eigenvalue weighted by Gasteiger charge is -2.31. The highest BCUT2D eigenvalue weighted by atomic mass is 15.2. The molecule has 12 aromatic carbocycles. The summed E-state index contributed by atoms with van der Waals surface area (Å²) in [6.07, 6.45) is 5.70. The largest absolute Gasteiger partial charge is 0.310 e. The summed E-state index contributed by atoms with van der Waals surface area (Å²) in [5, 5.41) is 12.1. The predicted molar refractivity (Wildman–Crippen MR) is 319 cm³/mol. The zero-order chi connectivity index (χ0) is 49.6. The van der Waals surface area contributed by atoms with Crippen LogP contribution in [0.4, 0.5) is 34.1 Å². The van der Waals surface area contributed by atoms with Crippen molar-refractivity contribution >= 4 is 116 Å². The van der Waals surface area contributed by atoms with Crippen molar-refractivity contribution in [2.24, 2.45) is 0 Å². The summed E-state index contributed by atoms with van der Waals surface area (Å²) < 4.78 is 4.87. The van der Waals surface area contributed by atoms with Gasteiger partial charge < -0.3 is 18.9 Å². The molecular weight excluding hydrogens is 909 g/mol. The molecule has 14 aromatic rings. The first-order valence-electron chi connectivity index (χ1n) is 26.1. The average molecular weight is 959 g/mol. The Balaban J connectivity index is 0.963. The zero-order valence-electron chi connectivity index (χ0n) is 41.5. The molecule has 0 aliphatic heterocycles. The van der Waals surface area contributed by atoms with Crippen molar-refractivity contribution < 1.29 is 0 Å². The second-order valence-electron chi connectivity index (χ2n) is 20.2. The van der Waals surface area contributed by atoms with Crippen molar-refractivity contribution in [1.29, 1.82) is 0 Å². The number of para-hydroxylation sites is 4. The van der Waals surface area contributed by atoms with E-state index in [1.54, 1.807) is 0 Å². The minimum atomic E-state index is 0.509. The van der Waals surface area contributed by atoms with Crippen molar-refractivity contribution in [3.8, 4) is 11.4 Å². The molecule has 1 unspecified atom stereocenters. The van der Waals surface area contributed by atoms with Gasteiger partial charge in [-0.3, -0.25) is 0 Å². The molecule has 0 N–H and O–H groups in total. The van der Waals surface area contributed by atoms with E-state index in [0.29, 0.717) is 5.92 Å². The highest BCUT2D eigenvalue weighted by molar-refractivity contribution is 6.17. The standard InChI is InChI=1S/C71H50N4/c1-47-17-16-21-51-42-55(34-38-59(47)51)75-68-30-15-13-28-62(68)66-44-57(36-40-70(66)75)73(53-24-6-3-7-25-53)71-46-58(45-64-60-26-11-10-19-49(60)32-37-63(64)71)72(52-22-4-2-5-23-52)56-35-39-69-65(43-56)61-27-12-14-29-67(61)74(69)54-33-31-48-18-8-9-20-50(48)41-54/h2-16,18-47H,17H2,1H3. The monoisotopic (exact) mass is 958 g/mol. The second kappa shape index (κ2) is 17.3. The lowest BCUT2D eigenvalue weighted by atomic mass is 9.88. The van der Waals surface area contributed by atoms with Crippen LogP contribution in [-0.2, 0) is 0 Å². The molecule has 0 fully saturated rings. The van der Waals surface area contributed by atoms with Gasteiger partial charge in [0.25, 0.3) is 0 Å². The van der Waals surface area contributed by atoms with E-state index in [2.05, 4.69) is 293 Å². The van der Waals surface area contributed by atoms with Gasteiger partial charge in [-0.1, -0.05) is 165 Å². The Kier molecular flexibility index (Phi) is 9.89. The second-order valence-corrected chi connectivity index (χ2v) is 20.2. The fourth-order valence-electron chi connectivity index (χ4n) is 12.3. The molecule has 0 spiro atoms. The van der Waals surface area contributed by atoms with E-state index >= 15 is 0 Å². The molecule has 15 rings (SSSR count). The first kappa shape index (κ1) is 43.0. The summed E-state index contributed by atoms with van der Waals surface area (Å²) in [6, 6.07) is 94.2. The minimum Gasteiger partial charge on any atom is -0.310 e. The molecule has 75 heavy (non-hydrogen) atoms. The van der Waals surface area contributed by atoms with E-state index in [4.69, 9.17) is 0 Å². The minimum absolute atomic E-state index is 0.509. The zero-order valence-corrected chi connectivity index (χ0v) is 41.5. The highest BCUT2D eigenvalue weighted by Gasteiger charge is 2.24. The average Bonchev–Trinajstić information content (AvgIpc) is 4.03. The lowest BCUT2D eigenvalue weighted by Crippen LogP contribution is -2.14. The number of anilines is 6. The van der Waals surface area contributed by atoms with Gasteiger partial charge >= 0.3 is 0 Å². The SMILES string of the molecule is CC1CC=Cc2cc(-n3c4ccccc4c4cc(N(c5ccccc5)c5cc(N(c6ccccc6)c6ccc7c(c6)c6ccccc6n7-c6ccc7ccccc7c6)cc6c5ccc5ccccc56)ccc43)ccc21. The van der Waals surface area contributed by atoms with Gasteiger partial charge in [0.1, 0.15) is 0 Å². The number of rotatable bonds is 8. The molecule has 1 atom stereocenters. The van der Waals surface area contributed by atoms with E-state index in [-0.39, 0.29) is 0 Å². The van der Waals surface area contributed by atoms with Crippen LogP contribution in [0.15, 0.2) is 261 Å². The predicted octanol–water partition coefficient (Wildman–Crippen LogP) is 19.8. The number of nitrogens with zero attached hydrogens (tertiary/aromatic N) is 4. The van der Waals surface area contributed by atoms with Crippen molar-refractivity contribution in [1.82, 2.24) is 9.13 Å². The molecule has 1 aliphatic rings. The van der Waals surface area contributed by atoms with Crippen molar-refractivity contribution in [2.75, 3.05) is 9.80 Å². The number of hydrogen-bond acceptors (Lipinski definition) is 2. The third-order valence-electron chi connectivity index (χ3n) is 15.8. The van der Waals surface area contributed by atoms with Gasteiger partial charge in [-0.15, -0.1) is 0 Å². The summed E-state index contributed by atoms with van der Waals surface area (Å²) in [5.41, 5.74) is 16.2. The summed E-state index contributed by atoms with van der Waals surface area (Å²) >= 11 is 0. The van der Waals surface area contributed by atoms with E-state index in [1.807, 2.05) is 0 Å². The van der Waals surface area contributed by atoms with Crippen LogP contribution in [0, 0.1) is 0 Å². The van der Waals surface area contributed by atoms with Crippen LogP contribution in [0.25, 0.3) is 93.4 Å². The Morgan fingerprint density at radius 3 is 1.55 bits per heavy atom. The summed E-state index contributed by atoms with van der Waals surface area (Å²) in [6.45, 7) is 2.33. The van der Waals surface area contributed by atoms with Gasteiger partial charge in [-0.25, -0.2) is 0 Å². The van der Waals surface area contributed by atoms with E-state index in [0.717, 1.165) is 46.2 Å². The van der Waals surface area contributed by atoms with Gasteiger partial charge in [-0.05, 0) is 160 Å². The maximum Gasteiger partial charge on any atom is 0.0561 e. The third kappa shape index (κ3) is 6.98. The molecular formula is C71H50N4. The Hall–Kier alpha value is -9.64. The molecule has 0 radical (unpaired) electrons. The Morgan fingerprint density at radius 2 is 0.853 bits per heavy atom. The molecule has 0 bridgehead atoms.